The van der Waals surface area contributed by atoms with Crippen LogP contribution in [0, 0.1) is 0 Å². The molecular weight excluding hydrogens is 100 g/mol. The van der Waals surface area contributed by atoms with Gasteiger partial charge in [0.25, 0.3) is 0 Å². The number of likely N-dealkylation sites (N-methyl/N-ethyl adjacent to an activating group) is 1. The third-order valence-corrected chi connectivity index (χ3v) is 1.64. The largest absolute Gasteiger partial charge is 0.323 e. The predicted octanol–water partition coefficient (Wildman–Crippen LogP) is -0.138. The van der Waals surface area contributed by atoms with Crippen molar-refractivity contribution in [3.63, 3.8) is 0 Å². The number of nitrogens with two attached hydrogens (primary N) is 1. The summed E-state index contributed by atoms with van der Waals surface area (Å²) in [5, 5.41) is 3.10. The van der Waals surface area contributed by atoms with E-state index in [0.717, 1.165) is 0 Å². The van der Waals surface area contributed by atoms with E-state index in [0.29, 0.717) is 12.1 Å². The summed E-state index contributed by atoms with van der Waals surface area (Å²) in [6.07, 6.45) is 2.08. The highest BCUT2D eigenvalue weighted by Crippen LogP contribution is 2.26. The minimum Gasteiger partial charge on any atom is -0.323 e. The average molecular weight is 112 g/mol. The van der Waals surface area contributed by atoms with Crippen LogP contribution in [0.15, 0.2) is 11.6 Å². The number of rotatable bonds is 1. The zero-order valence-corrected chi connectivity index (χ0v) is 5.31. The molecule has 0 aromatic carbocycles. The van der Waals surface area contributed by atoms with Crippen LogP contribution in [0.25, 0.3) is 0 Å². The molecule has 1 fully saturated rings. The molecule has 2 nitrogen and oxygen atoms in total. The van der Waals surface area contributed by atoms with Crippen molar-refractivity contribution in [2.75, 3.05) is 7.05 Å². The second kappa shape index (κ2) is 1.88. The van der Waals surface area contributed by atoms with Gasteiger partial charge in [0.1, 0.15) is 0 Å². The van der Waals surface area contributed by atoms with E-state index in [4.69, 9.17) is 5.73 Å². The number of nitrogens with one attached hydrogen (secondary N) is 1. The fourth-order valence-corrected chi connectivity index (χ4v) is 1.02. The van der Waals surface area contributed by atoms with Gasteiger partial charge >= 0.3 is 0 Å². The lowest BCUT2D eigenvalue weighted by Gasteiger charge is -1.84. The first kappa shape index (κ1) is 5.79. The topological polar surface area (TPSA) is 38.0 Å². The molecule has 8 heavy (non-hydrogen) atoms. The second-order valence-corrected chi connectivity index (χ2v) is 2.08. The molecule has 1 rings (SSSR count). The molecule has 0 aromatic rings. The van der Waals surface area contributed by atoms with E-state index in [1.165, 1.54) is 5.57 Å². The zero-order valence-electron chi connectivity index (χ0n) is 5.31. The molecule has 1 saturated carbocycles. The lowest BCUT2D eigenvalue weighted by molar-refractivity contribution is 0.784. The van der Waals surface area contributed by atoms with Crippen LogP contribution in [0.1, 0.15) is 6.92 Å². The van der Waals surface area contributed by atoms with Gasteiger partial charge in [-0.15, -0.1) is 0 Å². The maximum absolute atomic E-state index is 5.60. The Labute approximate surface area is 49.8 Å². The first-order chi connectivity index (χ1) is 3.81. The van der Waals surface area contributed by atoms with Gasteiger partial charge in [-0.3, -0.25) is 0 Å². The molecule has 2 heteroatoms. The lowest BCUT2D eigenvalue weighted by atomic mass is 10.5. The molecule has 0 aromatic heterocycles. The first-order valence-electron chi connectivity index (χ1n) is 2.90. The van der Waals surface area contributed by atoms with Gasteiger partial charge in [0.15, 0.2) is 0 Å². The first-order valence-corrected chi connectivity index (χ1v) is 2.90. The molecular formula is C6H12N2. The smallest absolute Gasteiger partial charge is 0.0486 e. The van der Waals surface area contributed by atoms with Crippen molar-refractivity contribution >= 4 is 0 Å². The third-order valence-electron chi connectivity index (χ3n) is 1.64. The maximum atomic E-state index is 5.60. The monoisotopic (exact) mass is 112 g/mol. The predicted molar refractivity (Wildman–Crippen MR) is 34.6 cm³/mol. The quantitative estimate of drug-likeness (QED) is 0.463. The van der Waals surface area contributed by atoms with Crippen molar-refractivity contribution < 1.29 is 0 Å². The van der Waals surface area contributed by atoms with Crippen LogP contribution >= 0.6 is 0 Å². The maximum Gasteiger partial charge on any atom is 0.0486 e. The Kier molecular flexibility index (Phi) is 1.36. The number of hydrogen-bond donors (Lipinski definition) is 2. The molecule has 0 aliphatic heterocycles. The third kappa shape index (κ3) is 0.659. The number of allylic oxidation sites excluding steroid dienone is 1. The molecule has 2 unspecified atom stereocenters. The van der Waals surface area contributed by atoms with Gasteiger partial charge in [0.05, 0.1) is 0 Å². The summed E-state index contributed by atoms with van der Waals surface area (Å²) in [5.74, 6) is 0. The van der Waals surface area contributed by atoms with Crippen molar-refractivity contribution in [2.24, 2.45) is 5.73 Å². The van der Waals surface area contributed by atoms with Gasteiger partial charge in [-0.05, 0) is 19.5 Å². The van der Waals surface area contributed by atoms with Crippen LogP contribution in [0.3, 0.4) is 0 Å². The Morgan fingerprint density at radius 3 is 2.50 bits per heavy atom. The Bertz CT molecular complexity index is 118. The molecule has 3 N–H and O–H groups in total. The Morgan fingerprint density at radius 2 is 2.38 bits per heavy atom. The zero-order chi connectivity index (χ0) is 6.15. The van der Waals surface area contributed by atoms with E-state index in [1.807, 2.05) is 14.0 Å². The molecule has 0 radical (unpaired) electrons. The second-order valence-electron chi connectivity index (χ2n) is 2.08. The van der Waals surface area contributed by atoms with Crippen molar-refractivity contribution in [1.29, 1.82) is 0 Å². The van der Waals surface area contributed by atoms with Gasteiger partial charge in [-0.2, -0.15) is 0 Å². The molecule has 46 valence electrons. The normalized spacial score (nSPS) is 40.6. The Balaban J connectivity index is 2.46. The van der Waals surface area contributed by atoms with Gasteiger partial charge in [0, 0.05) is 12.1 Å². The summed E-state index contributed by atoms with van der Waals surface area (Å²) >= 11 is 0. The van der Waals surface area contributed by atoms with Crippen LogP contribution < -0.4 is 11.1 Å². The van der Waals surface area contributed by atoms with Crippen LogP contribution in [0.4, 0.5) is 0 Å². The van der Waals surface area contributed by atoms with Crippen molar-refractivity contribution in [2.45, 2.75) is 19.0 Å². The fraction of sp³-hybridized carbons (Fsp3) is 0.667. The van der Waals surface area contributed by atoms with Crippen LogP contribution in [0.2, 0.25) is 0 Å². The van der Waals surface area contributed by atoms with Crippen molar-refractivity contribution in [1.82, 2.24) is 5.32 Å². The summed E-state index contributed by atoms with van der Waals surface area (Å²) in [6, 6.07) is 0.769. The Morgan fingerprint density at radius 1 is 1.75 bits per heavy atom. The van der Waals surface area contributed by atoms with Gasteiger partial charge < -0.3 is 11.1 Å². The van der Waals surface area contributed by atoms with Gasteiger partial charge in [0.2, 0.25) is 0 Å². The van der Waals surface area contributed by atoms with Crippen molar-refractivity contribution in [3.05, 3.63) is 11.6 Å². The highest BCUT2D eigenvalue weighted by Gasteiger charge is 2.38. The minimum absolute atomic E-state index is 0.296. The van der Waals surface area contributed by atoms with Crippen LogP contribution in [0.5, 0.6) is 0 Å². The molecule has 0 amide bonds. The van der Waals surface area contributed by atoms with Crippen LogP contribution in [-0.4, -0.2) is 19.1 Å². The van der Waals surface area contributed by atoms with Crippen molar-refractivity contribution in [3.8, 4) is 0 Å². The molecule has 0 saturated heterocycles. The van der Waals surface area contributed by atoms with Gasteiger partial charge in [-0.25, -0.2) is 0 Å². The summed E-state index contributed by atoms with van der Waals surface area (Å²) in [4.78, 5) is 0. The van der Waals surface area contributed by atoms with E-state index >= 15 is 0 Å². The molecule has 1 aliphatic rings. The van der Waals surface area contributed by atoms with E-state index < -0.39 is 0 Å². The molecule has 1 aliphatic carbocycles. The van der Waals surface area contributed by atoms with E-state index in [1.54, 1.807) is 0 Å². The molecule has 0 heterocycles. The SMILES string of the molecule is CC=C1C(N)C1NC. The summed E-state index contributed by atoms with van der Waals surface area (Å²) in [7, 11) is 1.93. The standard InChI is InChI=1S/C6H12N2/c1-3-4-5(7)6(4)8-2/h3,5-6,8H,7H2,1-2H3. The van der Waals surface area contributed by atoms with Crippen LogP contribution in [-0.2, 0) is 0 Å². The van der Waals surface area contributed by atoms with E-state index in [9.17, 15) is 0 Å². The molecule has 0 spiro atoms. The summed E-state index contributed by atoms with van der Waals surface area (Å²) in [6.45, 7) is 2.02. The lowest BCUT2D eigenvalue weighted by Crippen LogP contribution is -2.17. The molecule has 2 atom stereocenters. The van der Waals surface area contributed by atoms with E-state index in [2.05, 4.69) is 11.4 Å². The minimum atomic E-state index is 0.296. The summed E-state index contributed by atoms with van der Waals surface area (Å²) < 4.78 is 0. The number of hydrogen-bond acceptors (Lipinski definition) is 2. The highest BCUT2D eigenvalue weighted by atomic mass is 15.0. The average Bonchev–Trinajstić information content (AvgIpc) is 2.40. The fourth-order valence-electron chi connectivity index (χ4n) is 1.02. The van der Waals surface area contributed by atoms with E-state index in [-0.39, 0.29) is 0 Å². The molecule has 0 bridgehead atoms. The van der Waals surface area contributed by atoms with Gasteiger partial charge in [-0.1, -0.05) is 6.08 Å². The highest BCUT2D eigenvalue weighted by molar-refractivity contribution is 5.38. The summed E-state index contributed by atoms with van der Waals surface area (Å²) in [5.41, 5.74) is 6.94. The Hall–Kier alpha value is -0.340.